The van der Waals surface area contributed by atoms with E-state index in [4.69, 9.17) is 4.42 Å². The number of rotatable bonds is 8. The Morgan fingerprint density at radius 1 is 1.14 bits per heavy atom. The molecule has 158 valence electrons. The summed E-state index contributed by atoms with van der Waals surface area (Å²) < 4.78 is 5.16. The van der Waals surface area contributed by atoms with Crippen molar-refractivity contribution in [1.82, 2.24) is 4.90 Å². The first-order valence-corrected chi connectivity index (χ1v) is 10.0. The molecule has 0 saturated heterocycles. The first-order chi connectivity index (χ1) is 13.6. The number of amides is 2. The Kier molecular flexibility index (Phi) is 7.48. The maximum atomic E-state index is 12.9. The summed E-state index contributed by atoms with van der Waals surface area (Å²) in [6, 6.07) is 9.06. The van der Waals surface area contributed by atoms with E-state index in [9.17, 15) is 9.59 Å². The topological polar surface area (TPSA) is 65.8 Å². The van der Waals surface area contributed by atoms with Gasteiger partial charge in [0.25, 0.3) is 5.91 Å². The summed E-state index contributed by atoms with van der Waals surface area (Å²) in [5, 5.41) is 2.87. The monoisotopic (exact) mass is 399 g/mol. The van der Waals surface area contributed by atoms with Crippen molar-refractivity contribution in [3.8, 4) is 0 Å². The molecule has 0 atom stereocenters. The molecule has 0 bridgehead atoms. The molecule has 0 fully saturated rings. The molecule has 0 aliphatic rings. The van der Waals surface area contributed by atoms with E-state index in [2.05, 4.69) is 33.0 Å². The predicted octanol–water partition coefficient (Wildman–Crippen LogP) is 4.77. The van der Waals surface area contributed by atoms with Gasteiger partial charge in [0.05, 0.1) is 6.26 Å². The molecule has 0 radical (unpaired) electrons. The van der Waals surface area contributed by atoms with Gasteiger partial charge in [-0.2, -0.15) is 0 Å². The van der Waals surface area contributed by atoms with Gasteiger partial charge in [-0.05, 0) is 47.7 Å². The van der Waals surface area contributed by atoms with E-state index in [1.54, 1.807) is 12.1 Å². The lowest BCUT2D eigenvalue weighted by molar-refractivity contribution is -0.133. The third kappa shape index (κ3) is 6.66. The van der Waals surface area contributed by atoms with Crippen LogP contribution in [-0.2, 0) is 11.3 Å². The van der Waals surface area contributed by atoms with Crippen molar-refractivity contribution >= 4 is 23.2 Å². The Morgan fingerprint density at radius 2 is 1.86 bits per heavy atom. The van der Waals surface area contributed by atoms with Crippen molar-refractivity contribution < 1.29 is 14.0 Å². The summed E-state index contributed by atoms with van der Waals surface area (Å²) in [4.78, 5) is 29.1. The average Bonchev–Trinajstić information content (AvgIpc) is 3.14. The van der Waals surface area contributed by atoms with E-state index in [0.717, 1.165) is 17.7 Å². The molecule has 1 aromatic heterocycles. The van der Waals surface area contributed by atoms with Crippen LogP contribution in [0.15, 0.2) is 41.0 Å². The fourth-order valence-electron chi connectivity index (χ4n) is 3.16. The number of carbonyl (C=O) groups is 2. The Labute approximate surface area is 173 Å². The molecule has 0 aliphatic heterocycles. The van der Waals surface area contributed by atoms with Gasteiger partial charge in [0.1, 0.15) is 0 Å². The fraction of sp³-hybridized carbons (Fsp3) is 0.478. The van der Waals surface area contributed by atoms with Gasteiger partial charge >= 0.3 is 0 Å². The molecule has 2 rings (SSSR count). The van der Waals surface area contributed by atoms with E-state index in [1.165, 1.54) is 6.26 Å². The highest BCUT2D eigenvalue weighted by Crippen LogP contribution is 2.27. The molecule has 0 unspecified atom stereocenters. The lowest BCUT2D eigenvalue weighted by Crippen LogP contribution is -2.34. The fourth-order valence-corrected chi connectivity index (χ4v) is 3.16. The number of carbonyl (C=O) groups excluding carboxylic acids is 2. The Morgan fingerprint density at radius 3 is 2.41 bits per heavy atom. The Hall–Kier alpha value is -2.76. The van der Waals surface area contributed by atoms with E-state index >= 15 is 0 Å². The van der Waals surface area contributed by atoms with Crippen LogP contribution in [0.1, 0.15) is 56.7 Å². The number of benzene rings is 1. The molecule has 6 nitrogen and oxygen atoms in total. The summed E-state index contributed by atoms with van der Waals surface area (Å²) in [5.41, 5.74) is 2.62. The predicted molar refractivity (Wildman–Crippen MR) is 117 cm³/mol. The van der Waals surface area contributed by atoms with E-state index < -0.39 is 0 Å². The minimum atomic E-state index is -0.298. The summed E-state index contributed by atoms with van der Waals surface area (Å²) in [5.74, 6) is 0.109. The normalized spacial score (nSPS) is 11.2. The Balaban J connectivity index is 2.27. The number of nitrogens with zero attached hydrogens (tertiary/aromatic N) is 2. The standard InChI is InChI=1S/C23H33N3O3/c1-7-12-26(21(27)15-23(2,3)4)16-17-14-18(10-11-19(17)25(5)6)24-22(28)20-9-8-13-29-20/h8-11,13-14H,7,12,15-16H2,1-6H3,(H,24,28). The highest BCUT2D eigenvalue weighted by atomic mass is 16.3. The third-order valence-corrected chi connectivity index (χ3v) is 4.45. The summed E-state index contributed by atoms with van der Waals surface area (Å²) in [7, 11) is 3.95. The minimum Gasteiger partial charge on any atom is -0.459 e. The van der Waals surface area contributed by atoms with E-state index in [1.807, 2.05) is 42.1 Å². The lowest BCUT2D eigenvalue weighted by Gasteiger charge is -2.28. The molecule has 29 heavy (non-hydrogen) atoms. The number of hydrogen-bond donors (Lipinski definition) is 1. The van der Waals surface area contributed by atoms with Crippen LogP contribution in [0.4, 0.5) is 11.4 Å². The second kappa shape index (κ2) is 9.63. The second-order valence-electron chi connectivity index (χ2n) is 8.72. The molecule has 2 amide bonds. The van der Waals surface area contributed by atoms with Gasteiger partial charge < -0.3 is 19.5 Å². The van der Waals surface area contributed by atoms with Crippen LogP contribution < -0.4 is 10.2 Å². The van der Waals surface area contributed by atoms with Crippen molar-refractivity contribution in [3.63, 3.8) is 0 Å². The number of anilines is 2. The van der Waals surface area contributed by atoms with Gasteiger partial charge in [-0.1, -0.05) is 27.7 Å². The van der Waals surface area contributed by atoms with Crippen LogP contribution in [0.25, 0.3) is 0 Å². The van der Waals surface area contributed by atoms with Crippen LogP contribution in [-0.4, -0.2) is 37.4 Å². The highest BCUT2D eigenvalue weighted by Gasteiger charge is 2.22. The Bertz CT molecular complexity index is 820. The number of nitrogens with one attached hydrogen (secondary N) is 1. The highest BCUT2D eigenvalue weighted by molar-refractivity contribution is 6.02. The first-order valence-electron chi connectivity index (χ1n) is 10.0. The molecule has 1 heterocycles. The zero-order valence-corrected chi connectivity index (χ0v) is 18.4. The van der Waals surface area contributed by atoms with E-state index in [0.29, 0.717) is 25.2 Å². The van der Waals surface area contributed by atoms with Gasteiger partial charge in [0.2, 0.25) is 5.91 Å². The van der Waals surface area contributed by atoms with Crippen molar-refractivity contribution in [2.45, 2.75) is 47.1 Å². The van der Waals surface area contributed by atoms with Crippen molar-refractivity contribution in [3.05, 3.63) is 47.9 Å². The third-order valence-electron chi connectivity index (χ3n) is 4.45. The molecule has 0 saturated carbocycles. The molecule has 1 aromatic carbocycles. The number of hydrogen-bond acceptors (Lipinski definition) is 4. The maximum absolute atomic E-state index is 12.9. The molecule has 1 N–H and O–H groups in total. The molecule has 2 aromatic rings. The van der Waals surface area contributed by atoms with Crippen LogP contribution in [0.5, 0.6) is 0 Å². The van der Waals surface area contributed by atoms with Gasteiger partial charge in [-0.3, -0.25) is 9.59 Å². The maximum Gasteiger partial charge on any atom is 0.291 e. The van der Waals surface area contributed by atoms with Crippen molar-refractivity contribution in [2.24, 2.45) is 5.41 Å². The van der Waals surface area contributed by atoms with Crippen LogP contribution in [0, 0.1) is 5.41 Å². The SMILES string of the molecule is CCCN(Cc1cc(NC(=O)c2ccco2)ccc1N(C)C)C(=O)CC(C)(C)C. The van der Waals surface area contributed by atoms with Gasteiger partial charge in [-0.15, -0.1) is 0 Å². The molecular weight excluding hydrogens is 366 g/mol. The second-order valence-corrected chi connectivity index (χ2v) is 8.72. The van der Waals surface area contributed by atoms with Gasteiger partial charge in [0, 0.05) is 45.0 Å². The molecule has 0 spiro atoms. The summed E-state index contributed by atoms with van der Waals surface area (Å²) >= 11 is 0. The first kappa shape index (κ1) is 22.5. The summed E-state index contributed by atoms with van der Waals surface area (Å²) in [6.45, 7) is 9.50. The van der Waals surface area contributed by atoms with Gasteiger partial charge in [-0.25, -0.2) is 0 Å². The molecular formula is C23H33N3O3. The largest absolute Gasteiger partial charge is 0.459 e. The van der Waals surface area contributed by atoms with Crippen molar-refractivity contribution in [1.29, 1.82) is 0 Å². The van der Waals surface area contributed by atoms with Gasteiger partial charge in [0.15, 0.2) is 5.76 Å². The van der Waals surface area contributed by atoms with E-state index in [-0.39, 0.29) is 23.0 Å². The zero-order valence-electron chi connectivity index (χ0n) is 18.4. The zero-order chi connectivity index (χ0) is 21.6. The summed E-state index contributed by atoms with van der Waals surface area (Å²) in [6.07, 6.45) is 2.86. The quantitative estimate of drug-likeness (QED) is 0.694. The van der Waals surface area contributed by atoms with Crippen LogP contribution in [0.3, 0.4) is 0 Å². The van der Waals surface area contributed by atoms with Crippen LogP contribution in [0.2, 0.25) is 0 Å². The lowest BCUT2D eigenvalue weighted by atomic mass is 9.91. The number of furan rings is 1. The average molecular weight is 400 g/mol. The molecule has 6 heteroatoms. The smallest absolute Gasteiger partial charge is 0.291 e. The molecule has 0 aliphatic carbocycles. The van der Waals surface area contributed by atoms with Crippen LogP contribution >= 0.6 is 0 Å². The van der Waals surface area contributed by atoms with Crippen molar-refractivity contribution in [2.75, 3.05) is 30.9 Å². The minimum absolute atomic E-state index is 0.0632.